The van der Waals surface area contributed by atoms with Crippen molar-refractivity contribution in [1.29, 1.82) is 0 Å². The lowest BCUT2D eigenvalue weighted by Crippen LogP contribution is -2.48. The number of ether oxygens (including phenoxy) is 1. The molecule has 3 aromatic rings. The molecule has 0 amide bonds. The van der Waals surface area contributed by atoms with Gasteiger partial charge in [0.15, 0.2) is 5.65 Å². The summed E-state index contributed by atoms with van der Waals surface area (Å²) >= 11 is 12.4. The van der Waals surface area contributed by atoms with E-state index in [0.29, 0.717) is 33.7 Å². The lowest BCUT2D eigenvalue weighted by Gasteiger charge is -2.37. The van der Waals surface area contributed by atoms with Crippen LogP contribution in [0, 0.1) is 0 Å². The first-order chi connectivity index (χ1) is 14.3. The Kier molecular flexibility index (Phi) is 5.57. The molecule has 0 saturated carbocycles. The van der Waals surface area contributed by atoms with Gasteiger partial charge in [0.05, 0.1) is 28.3 Å². The number of piperidine rings is 1. The molecule has 4 rings (SSSR count). The number of H-pyrrole nitrogens is 1. The molecule has 10 heteroatoms. The van der Waals surface area contributed by atoms with Crippen LogP contribution in [0.2, 0.25) is 10.2 Å². The van der Waals surface area contributed by atoms with Gasteiger partial charge in [0, 0.05) is 30.4 Å². The largest absolute Gasteiger partial charge is 0.462 e. The Morgan fingerprint density at radius 2 is 2.10 bits per heavy atom. The fourth-order valence-corrected chi connectivity index (χ4v) is 3.96. The molecule has 158 valence electrons. The lowest BCUT2D eigenvalue weighted by atomic mass is 9.91. The Morgan fingerprint density at radius 3 is 2.80 bits per heavy atom. The average molecular weight is 449 g/mol. The van der Waals surface area contributed by atoms with Crippen molar-refractivity contribution in [3.63, 3.8) is 0 Å². The molecule has 1 fully saturated rings. The number of nitrogens with one attached hydrogen (secondary N) is 1. The fraction of sp³-hybridized carbons (Fsp3) is 0.400. The van der Waals surface area contributed by atoms with Gasteiger partial charge in [-0.25, -0.2) is 14.8 Å². The molecule has 0 spiro atoms. The summed E-state index contributed by atoms with van der Waals surface area (Å²) in [5, 5.41) is 8.24. The fourth-order valence-electron chi connectivity index (χ4n) is 3.60. The maximum atomic E-state index is 12.8. The van der Waals surface area contributed by atoms with Gasteiger partial charge in [0.2, 0.25) is 0 Å². The maximum absolute atomic E-state index is 12.8. The number of hydrogen-bond donors (Lipinski definition) is 2. The predicted octanol–water partition coefficient (Wildman–Crippen LogP) is 3.82. The number of carbonyl (C=O) groups excluding carboxylic acids is 1. The number of pyridine rings is 2. The summed E-state index contributed by atoms with van der Waals surface area (Å²) < 4.78 is 5.31. The Hall–Kier alpha value is -2.42. The van der Waals surface area contributed by atoms with Gasteiger partial charge in [-0.05, 0) is 38.8 Å². The van der Waals surface area contributed by atoms with Crippen molar-refractivity contribution >= 4 is 46.0 Å². The van der Waals surface area contributed by atoms with Crippen molar-refractivity contribution in [2.75, 3.05) is 24.6 Å². The van der Waals surface area contributed by atoms with Gasteiger partial charge >= 0.3 is 5.97 Å². The normalized spacial score (nSPS) is 16.1. The van der Waals surface area contributed by atoms with Crippen LogP contribution in [0.25, 0.3) is 22.3 Å². The van der Waals surface area contributed by atoms with Crippen molar-refractivity contribution in [1.82, 2.24) is 20.2 Å². The lowest BCUT2D eigenvalue weighted by molar-refractivity contribution is 0.0528. The zero-order valence-corrected chi connectivity index (χ0v) is 18.2. The van der Waals surface area contributed by atoms with Gasteiger partial charge in [-0.1, -0.05) is 23.2 Å². The zero-order valence-electron chi connectivity index (χ0n) is 16.7. The molecule has 4 heterocycles. The number of fused-ring (bicyclic) bond motifs is 1. The standard InChI is InChI=1S/C20H22Cl2N6O2/c1-3-30-19(29)12-10-13(28-8-5-20(2,23)6-9-28)25-18-14(12)16(26-27-18)11-4-7-24-17(22)15(11)21/h4,7,10H,3,5-6,8-9,23H2,1-2H3,(H,25,26,27). The van der Waals surface area contributed by atoms with Crippen molar-refractivity contribution in [3.05, 3.63) is 34.1 Å². The van der Waals surface area contributed by atoms with Crippen molar-refractivity contribution in [2.24, 2.45) is 5.73 Å². The first-order valence-electron chi connectivity index (χ1n) is 9.71. The molecule has 1 aliphatic rings. The molecule has 3 aromatic heterocycles. The topological polar surface area (TPSA) is 110 Å². The average Bonchev–Trinajstić information content (AvgIpc) is 3.13. The highest BCUT2D eigenvalue weighted by molar-refractivity contribution is 6.43. The highest BCUT2D eigenvalue weighted by atomic mass is 35.5. The third kappa shape index (κ3) is 3.82. The van der Waals surface area contributed by atoms with Gasteiger partial charge in [-0.2, -0.15) is 5.10 Å². The first-order valence-corrected chi connectivity index (χ1v) is 10.5. The van der Waals surface area contributed by atoms with Gasteiger partial charge in [-0.3, -0.25) is 5.10 Å². The summed E-state index contributed by atoms with van der Waals surface area (Å²) in [5.74, 6) is 0.212. The summed E-state index contributed by atoms with van der Waals surface area (Å²) in [4.78, 5) is 23.6. The monoisotopic (exact) mass is 448 g/mol. The van der Waals surface area contributed by atoms with Crippen molar-refractivity contribution in [2.45, 2.75) is 32.2 Å². The Labute approximate surface area is 183 Å². The van der Waals surface area contributed by atoms with E-state index in [4.69, 9.17) is 38.7 Å². The molecule has 30 heavy (non-hydrogen) atoms. The van der Waals surface area contributed by atoms with E-state index >= 15 is 0 Å². The van der Waals surface area contributed by atoms with Gasteiger partial charge in [0.1, 0.15) is 11.0 Å². The SMILES string of the molecule is CCOC(=O)c1cc(N2CCC(C)(N)CC2)nc2n[nH]c(-c3ccnc(Cl)c3Cl)c12. The Morgan fingerprint density at radius 1 is 1.37 bits per heavy atom. The van der Waals surface area contributed by atoms with Crippen LogP contribution in [0.5, 0.6) is 0 Å². The van der Waals surface area contributed by atoms with E-state index < -0.39 is 5.97 Å². The number of aromatic amines is 1. The molecular weight excluding hydrogens is 427 g/mol. The van der Waals surface area contributed by atoms with Crippen LogP contribution in [0.4, 0.5) is 5.82 Å². The summed E-state index contributed by atoms with van der Waals surface area (Å²) in [6.07, 6.45) is 3.20. The molecule has 0 aromatic carbocycles. The second kappa shape index (κ2) is 8.02. The number of esters is 1. The van der Waals surface area contributed by atoms with Crippen molar-refractivity contribution in [3.8, 4) is 11.3 Å². The number of nitrogens with two attached hydrogens (primary N) is 1. The maximum Gasteiger partial charge on any atom is 0.339 e. The minimum Gasteiger partial charge on any atom is -0.462 e. The molecule has 3 N–H and O–H groups in total. The minimum absolute atomic E-state index is 0.164. The van der Waals surface area contributed by atoms with E-state index in [1.165, 1.54) is 0 Å². The predicted molar refractivity (Wildman–Crippen MR) is 117 cm³/mol. The quantitative estimate of drug-likeness (QED) is 0.460. The molecule has 0 bridgehead atoms. The third-order valence-corrected chi connectivity index (χ3v) is 6.12. The number of nitrogens with zero attached hydrogens (tertiary/aromatic N) is 4. The molecule has 8 nitrogen and oxygen atoms in total. The van der Waals surface area contributed by atoms with Crippen LogP contribution in [0.15, 0.2) is 18.3 Å². The van der Waals surface area contributed by atoms with Gasteiger partial charge in [0.25, 0.3) is 0 Å². The first kappa shape index (κ1) is 20.8. The number of rotatable bonds is 4. The van der Waals surface area contributed by atoms with E-state index in [-0.39, 0.29) is 22.3 Å². The molecule has 0 aliphatic carbocycles. The highest BCUT2D eigenvalue weighted by Crippen LogP contribution is 2.37. The van der Waals surface area contributed by atoms with Crippen LogP contribution in [-0.2, 0) is 4.74 Å². The molecule has 0 atom stereocenters. The summed E-state index contributed by atoms with van der Waals surface area (Å²) in [6.45, 7) is 5.56. The molecule has 0 unspecified atom stereocenters. The van der Waals surface area contributed by atoms with E-state index in [1.807, 2.05) is 0 Å². The second-order valence-corrected chi connectivity index (χ2v) is 8.39. The number of hydrogen-bond acceptors (Lipinski definition) is 7. The van der Waals surface area contributed by atoms with Crippen LogP contribution >= 0.6 is 23.2 Å². The molecule has 0 radical (unpaired) electrons. The summed E-state index contributed by atoms with van der Waals surface area (Å²) in [7, 11) is 0. The van der Waals surface area contributed by atoms with E-state index in [2.05, 4.69) is 27.0 Å². The molecular formula is C20H22Cl2N6O2. The number of aromatic nitrogens is 4. The van der Waals surface area contributed by atoms with Crippen molar-refractivity contribution < 1.29 is 9.53 Å². The highest BCUT2D eigenvalue weighted by Gasteiger charge is 2.29. The Balaban J connectivity index is 1.86. The van der Waals surface area contributed by atoms with Gasteiger partial charge < -0.3 is 15.4 Å². The number of anilines is 1. The van der Waals surface area contributed by atoms with Gasteiger partial charge in [-0.15, -0.1) is 0 Å². The van der Waals surface area contributed by atoms with E-state index in [0.717, 1.165) is 25.9 Å². The summed E-state index contributed by atoms with van der Waals surface area (Å²) in [6, 6.07) is 3.45. The van der Waals surface area contributed by atoms with Crippen LogP contribution in [0.3, 0.4) is 0 Å². The van der Waals surface area contributed by atoms with E-state index in [9.17, 15) is 4.79 Å². The Bertz CT molecular complexity index is 1100. The molecule has 1 aliphatic heterocycles. The number of halogens is 2. The van der Waals surface area contributed by atoms with Crippen LogP contribution < -0.4 is 10.6 Å². The zero-order chi connectivity index (χ0) is 21.5. The van der Waals surface area contributed by atoms with Crippen LogP contribution in [-0.4, -0.2) is 51.4 Å². The molecule has 1 saturated heterocycles. The number of carbonyl (C=O) groups is 1. The van der Waals surface area contributed by atoms with Crippen LogP contribution in [0.1, 0.15) is 37.0 Å². The third-order valence-electron chi connectivity index (χ3n) is 5.35. The minimum atomic E-state index is -0.453. The smallest absolute Gasteiger partial charge is 0.339 e. The van der Waals surface area contributed by atoms with E-state index in [1.54, 1.807) is 25.3 Å². The summed E-state index contributed by atoms with van der Waals surface area (Å²) in [5.41, 5.74) is 7.94. The second-order valence-electron chi connectivity index (χ2n) is 7.65.